The third-order valence-electron chi connectivity index (χ3n) is 5.57. The van der Waals surface area contributed by atoms with Crippen molar-refractivity contribution >= 4 is 5.82 Å². The normalized spacial score (nSPS) is 13.4. The number of halogens is 1. The molecule has 0 saturated carbocycles. The van der Waals surface area contributed by atoms with Gasteiger partial charge in [-0.25, -0.2) is 19.3 Å². The van der Waals surface area contributed by atoms with Gasteiger partial charge < -0.3 is 14.6 Å². The van der Waals surface area contributed by atoms with Crippen LogP contribution < -0.4 is 9.64 Å². The zero-order chi connectivity index (χ0) is 21.2. The summed E-state index contributed by atoms with van der Waals surface area (Å²) in [6, 6.07) is 12.7. The van der Waals surface area contributed by atoms with Crippen molar-refractivity contribution in [3.63, 3.8) is 0 Å². The molecule has 0 radical (unpaired) electrons. The van der Waals surface area contributed by atoms with Gasteiger partial charge in [-0.1, -0.05) is 12.1 Å². The first-order valence-corrected chi connectivity index (χ1v) is 10.2. The molecule has 3 heterocycles. The lowest BCUT2D eigenvalue weighted by molar-refractivity contribution is 0.331. The smallest absolute Gasteiger partial charge is 0.136 e. The number of nitrogens with zero attached hydrogens (tertiary/aromatic N) is 4. The quantitative estimate of drug-likeness (QED) is 0.538. The van der Waals surface area contributed by atoms with Crippen LogP contribution in [0.25, 0.3) is 11.3 Å². The number of anilines is 1. The van der Waals surface area contributed by atoms with E-state index in [4.69, 9.17) is 4.74 Å². The Morgan fingerprint density at radius 3 is 2.77 bits per heavy atom. The summed E-state index contributed by atoms with van der Waals surface area (Å²) in [4.78, 5) is 18.6. The summed E-state index contributed by atoms with van der Waals surface area (Å²) >= 11 is 0. The van der Waals surface area contributed by atoms with E-state index in [9.17, 15) is 4.39 Å². The van der Waals surface area contributed by atoms with Gasteiger partial charge in [0.1, 0.15) is 30.3 Å². The van der Waals surface area contributed by atoms with Gasteiger partial charge in [0.15, 0.2) is 0 Å². The van der Waals surface area contributed by atoms with Gasteiger partial charge >= 0.3 is 0 Å². The minimum absolute atomic E-state index is 0.237. The number of hydrogen-bond donors (Lipinski definition) is 1. The Morgan fingerprint density at radius 2 is 1.97 bits per heavy atom. The zero-order valence-corrected chi connectivity index (χ0v) is 17.2. The molecule has 0 saturated heterocycles. The van der Waals surface area contributed by atoms with E-state index in [1.165, 1.54) is 12.1 Å². The first-order valence-electron chi connectivity index (χ1n) is 10.2. The molecule has 0 bridgehead atoms. The summed E-state index contributed by atoms with van der Waals surface area (Å²) in [6.45, 7) is 3.93. The number of ether oxygens (including phenoxy) is 1. The molecule has 0 spiro atoms. The first-order chi connectivity index (χ1) is 15.2. The van der Waals surface area contributed by atoms with Crippen molar-refractivity contribution < 1.29 is 9.13 Å². The molecule has 0 atom stereocenters. The second-order valence-corrected chi connectivity index (χ2v) is 7.61. The SMILES string of the molecule is Cc1ncnc(N2CCOc3ccc(-c4c[nH]cn4)cc3C2)c1Cc1ccc(F)cc1. The maximum Gasteiger partial charge on any atom is 0.136 e. The van der Waals surface area contributed by atoms with Crippen LogP contribution in [-0.2, 0) is 13.0 Å². The number of imidazole rings is 1. The van der Waals surface area contributed by atoms with Crippen LogP contribution in [0.15, 0.2) is 61.3 Å². The summed E-state index contributed by atoms with van der Waals surface area (Å²) in [5.74, 6) is 1.53. The van der Waals surface area contributed by atoms with Crippen molar-refractivity contribution in [1.29, 1.82) is 0 Å². The number of aromatic nitrogens is 4. The lowest BCUT2D eigenvalue weighted by Gasteiger charge is -2.24. The van der Waals surface area contributed by atoms with Crippen LogP contribution in [0.4, 0.5) is 10.2 Å². The van der Waals surface area contributed by atoms with Gasteiger partial charge in [0.2, 0.25) is 0 Å². The fourth-order valence-electron chi connectivity index (χ4n) is 3.93. The highest BCUT2D eigenvalue weighted by molar-refractivity contribution is 5.62. The van der Waals surface area contributed by atoms with Crippen LogP contribution in [0.3, 0.4) is 0 Å². The molecule has 156 valence electrons. The van der Waals surface area contributed by atoms with Gasteiger partial charge in [0.25, 0.3) is 0 Å². The van der Waals surface area contributed by atoms with Crippen LogP contribution in [0.2, 0.25) is 0 Å². The van der Waals surface area contributed by atoms with Crippen molar-refractivity contribution in [3.05, 3.63) is 89.5 Å². The first kappa shape index (κ1) is 19.2. The third kappa shape index (κ3) is 3.99. The lowest BCUT2D eigenvalue weighted by Crippen LogP contribution is -2.28. The van der Waals surface area contributed by atoms with E-state index in [-0.39, 0.29) is 5.82 Å². The molecule has 7 heteroatoms. The molecule has 1 N–H and O–H groups in total. The van der Waals surface area contributed by atoms with Crippen molar-refractivity contribution in [2.45, 2.75) is 19.9 Å². The Hall–Kier alpha value is -3.74. The van der Waals surface area contributed by atoms with Crippen LogP contribution in [0.5, 0.6) is 5.75 Å². The highest BCUT2D eigenvalue weighted by atomic mass is 19.1. The average Bonchev–Trinajstić information content (AvgIpc) is 3.23. The van der Waals surface area contributed by atoms with E-state index in [0.29, 0.717) is 26.1 Å². The highest BCUT2D eigenvalue weighted by Gasteiger charge is 2.21. The number of aromatic amines is 1. The highest BCUT2D eigenvalue weighted by Crippen LogP contribution is 2.31. The number of nitrogens with one attached hydrogen (secondary N) is 1. The predicted molar refractivity (Wildman–Crippen MR) is 117 cm³/mol. The number of rotatable bonds is 4. The summed E-state index contributed by atoms with van der Waals surface area (Å²) < 4.78 is 19.4. The van der Waals surface area contributed by atoms with Crippen LogP contribution in [-0.4, -0.2) is 33.1 Å². The molecule has 6 nitrogen and oxygen atoms in total. The molecule has 0 unspecified atom stereocenters. The number of hydrogen-bond acceptors (Lipinski definition) is 5. The minimum atomic E-state index is -0.237. The fourth-order valence-corrected chi connectivity index (χ4v) is 3.93. The number of H-pyrrole nitrogens is 1. The molecule has 0 aliphatic carbocycles. The molecule has 5 rings (SSSR count). The Morgan fingerprint density at radius 1 is 1.10 bits per heavy atom. The van der Waals surface area contributed by atoms with E-state index in [1.54, 1.807) is 12.7 Å². The van der Waals surface area contributed by atoms with Gasteiger partial charge in [0.05, 0.1) is 18.6 Å². The monoisotopic (exact) mass is 415 g/mol. The van der Waals surface area contributed by atoms with Gasteiger partial charge in [-0.3, -0.25) is 0 Å². The zero-order valence-electron chi connectivity index (χ0n) is 17.2. The fraction of sp³-hybridized carbons (Fsp3) is 0.208. The standard InChI is InChI=1S/C24H22FN5O/c1-16-21(10-17-2-5-20(25)6-3-17)24(29-15-27-16)30-8-9-31-23-7-4-18(11-19(23)13-30)22-12-26-14-28-22/h2-7,11-12,14-15H,8-10,13H2,1H3,(H,26,28). The Bertz CT molecular complexity index is 1190. The van der Waals surface area contributed by atoms with Gasteiger partial charge in [-0.05, 0) is 42.8 Å². The van der Waals surface area contributed by atoms with Gasteiger partial charge in [0, 0.05) is 41.5 Å². The number of aryl methyl sites for hydroxylation is 1. The van der Waals surface area contributed by atoms with Crippen LogP contribution in [0.1, 0.15) is 22.4 Å². The summed E-state index contributed by atoms with van der Waals surface area (Å²) in [7, 11) is 0. The molecule has 2 aromatic carbocycles. The topological polar surface area (TPSA) is 66.9 Å². The molecule has 1 aliphatic rings. The Kier molecular flexibility index (Phi) is 5.08. The largest absolute Gasteiger partial charge is 0.491 e. The van der Waals surface area contributed by atoms with E-state index < -0.39 is 0 Å². The van der Waals surface area contributed by atoms with Crippen molar-refractivity contribution in [2.75, 3.05) is 18.1 Å². The van der Waals surface area contributed by atoms with E-state index in [0.717, 1.165) is 45.2 Å². The molecular formula is C24H22FN5O. The van der Waals surface area contributed by atoms with Crippen molar-refractivity contribution in [1.82, 2.24) is 19.9 Å². The van der Waals surface area contributed by atoms with E-state index >= 15 is 0 Å². The molecule has 31 heavy (non-hydrogen) atoms. The molecule has 4 aromatic rings. The Balaban J connectivity index is 1.49. The van der Waals surface area contributed by atoms with Crippen LogP contribution >= 0.6 is 0 Å². The molecule has 1 aliphatic heterocycles. The molecule has 2 aromatic heterocycles. The van der Waals surface area contributed by atoms with Crippen LogP contribution in [0, 0.1) is 12.7 Å². The van der Waals surface area contributed by atoms with Gasteiger partial charge in [-0.15, -0.1) is 0 Å². The van der Waals surface area contributed by atoms with E-state index in [1.807, 2.05) is 37.4 Å². The van der Waals surface area contributed by atoms with Gasteiger partial charge in [-0.2, -0.15) is 0 Å². The summed E-state index contributed by atoms with van der Waals surface area (Å²) in [5, 5.41) is 0. The maximum absolute atomic E-state index is 13.3. The second-order valence-electron chi connectivity index (χ2n) is 7.61. The number of fused-ring (bicyclic) bond motifs is 1. The average molecular weight is 415 g/mol. The second kappa shape index (κ2) is 8.18. The summed E-state index contributed by atoms with van der Waals surface area (Å²) in [5.41, 5.74) is 6.00. The van der Waals surface area contributed by atoms with Crippen molar-refractivity contribution in [3.8, 4) is 17.0 Å². The van der Waals surface area contributed by atoms with Crippen molar-refractivity contribution in [2.24, 2.45) is 0 Å². The Labute approximate surface area is 179 Å². The summed E-state index contributed by atoms with van der Waals surface area (Å²) in [6.07, 6.45) is 5.80. The maximum atomic E-state index is 13.3. The number of benzene rings is 2. The predicted octanol–water partition coefficient (Wildman–Crippen LogP) is 4.30. The molecule has 0 amide bonds. The lowest BCUT2D eigenvalue weighted by atomic mass is 10.0. The molecule has 0 fully saturated rings. The third-order valence-corrected chi connectivity index (χ3v) is 5.57. The minimum Gasteiger partial charge on any atom is -0.491 e. The molecular weight excluding hydrogens is 393 g/mol. The van der Waals surface area contributed by atoms with E-state index in [2.05, 4.69) is 30.9 Å².